The van der Waals surface area contributed by atoms with E-state index in [1.807, 2.05) is 13.8 Å². The predicted octanol–water partition coefficient (Wildman–Crippen LogP) is 2.00. The molecule has 0 bridgehead atoms. The normalized spacial score (nSPS) is 12.0. The molecule has 0 fully saturated rings. The topological polar surface area (TPSA) is 19.9 Å². The highest BCUT2D eigenvalue weighted by Crippen LogP contribution is 2.12. The average Bonchev–Trinajstić information content (AvgIpc) is 1.68. The molecule has 7 heavy (non-hydrogen) atoms. The van der Waals surface area contributed by atoms with Gasteiger partial charge >= 0.3 is 0 Å². The molecule has 1 nitrogen and oxygen atoms in total. The van der Waals surface area contributed by atoms with Gasteiger partial charge in [-0.3, -0.25) is 0 Å². The minimum absolute atomic E-state index is 0.667. The van der Waals surface area contributed by atoms with Crippen molar-refractivity contribution in [3.63, 3.8) is 0 Å². The van der Waals surface area contributed by atoms with Crippen molar-refractivity contribution in [1.29, 1.82) is 0 Å². The SMILES string of the molecule is CCC(C)([O])CC. The van der Waals surface area contributed by atoms with Gasteiger partial charge in [-0.05, 0) is 19.8 Å². The third kappa shape index (κ3) is 2.63. The first-order valence-corrected chi connectivity index (χ1v) is 2.83. The van der Waals surface area contributed by atoms with E-state index >= 15 is 0 Å². The van der Waals surface area contributed by atoms with Gasteiger partial charge in [0.25, 0.3) is 0 Å². The Labute approximate surface area is 45.4 Å². The lowest BCUT2D eigenvalue weighted by atomic mass is 10.0. The van der Waals surface area contributed by atoms with Crippen LogP contribution in [0, 0.1) is 0 Å². The van der Waals surface area contributed by atoms with E-state index in [1.54, 1.807) is 6.92 Å². The minimum Gasteiger partial charge on any atom is -0.230 e. The lowest BCUT2D eigenvalue weighted by Crippen LogP contribution is -2.18. The van der Waals surface area contributed by atoms with Crippen LogP contribution in [0.4, 0.5) is 0 Å². The molecule has 0 unspecified atom stereocenters. The monoisotopic (exact) mass is 101 g/mol. The third-order valence-electron chi connectivity index (χ3n) is 1.50. The van der Waals surface area contributed by atoms with Crippen molar-refractivity contribution in [2.45, 2.75) is 39.2 Å². The van der Waals surface area contributed by atoms with E-state index in [0.29, 0.717) is 0 Å². The summed E-state index contributed by atoms with van der Waals surface area (Å²) in [7, 11) is 0. The number of hydrogen-bond acceptors (Lipinski definition) is 0. The maximum Gasteiger partial charge on any atom is 0.100 e. The van der Waals surface area contributed by atoms with Crippen LogP contribution in [0.1, 0.15) is 33.6 Å². The molecule has 0 saturated carbocycles. The third-order valence-corrected chi connectivity index (χ3v) is 1.50. The summed E-state index contributed by atoms with van der Waals surface area (Å²) in [6.07, 6.45) is 1.48. The van der Waals surface area contributed by atoms with Crippen molar-refractivity contribution < 1.29 is 5.11 Å². The summed E-state index contributed by atoms with van der Waals surface area (Å²) in [5, 5.41) is 10.8. The summed E-state index contributed by atoms with van der Waals surface area (Å²) >= 11 is 0. The van der Waals surface area contributed by atoms with Gasteiger partial charge < -0.3 is 0 Å². The van der Waals surface area contributed by atoms with Crippen molar-refractivity contribution in [3.05, 3.63) is 0 Å². The second-order valence-electron chi connectivity index (χ2n) is 2.16. The lowest BCUT2D eigenvalue weighted by Gasteiger charge is -2.13. The standard InChI is InChI=1S/C6H13O/c1-4-6(3,7)5-2/h4-5H2,1-3H3. The summed E-state index contributed by atoms with van der Waals surface area (Å²) in [4.78, 5) is 0. The molecule has 0 aliphatic carbocycles. The highest BCUT2D eigenvalue weighted by molar-refractivity contribution is 4.65. The van der Waals surface area contributed by atoms with Gasteiger partial charge in [0, 0.05) is 0 Å². The molecule has 1 heteroatoms. The highest BCUT2D eigenvalue weighted by atomic mass is 16.3. The molecule has 0 aliphatic heterocycles. The van der Waals surface area contributed by atoms with Gasteiger partial charge in [-0.2, -0.15) is 0 Å². The Hall–Kier alpha value is -0.0400. The van der Waals surface area contributed by atoms with Crippen LogP contribution in [0.25, 0.3) is 0 Å². The molecule has 0 heterocycles. The predicted molar refractivity (Wildman–Crippen MR) is 29.7 cm³/mol. The van der Waals surface area contributed by atoms with E-state index in [1.165, 1.54) is 0 Å². The smallest absolute Gasteiger partial charge is 0.100 e. The van der Waals surface area contributed by atoms with E-state index < -0.39 is 5.60 Å². The Bertz CT molecular complexity index is 42.1. The molecular weight excluding hydrogens is 88.1 g/mol. The second kappa shape index (κ2) is 2.31. The van der Waals surface area contributed by atoms with Crippen molar-refractivity contribution in [2.24, 2.45) is 0 Å². The van der Waals surface area contributed by atoms with Crippen molar-refractivity contribution in [1.82, 2.24) is 0 Å². The van der Waals surface area contributed by atoms with E-state index in [0.717, 1.165) is 12.8 Å². The second-order valence-corrected chi connectivity index (χ2v) is 2.16. The van der Waals surface area contributed by atoms with Crippen molar-refractivity contribution in [2.75, 3.05) is 0 Å². The number of hydrogen-bond donors (Lipinski definition) is 0. The fourth-order valence-corrected chi connectivity index (χ4v) is 0.250. The summed E-state index contributed by atoms with van der Waals surface area (Å²) in [6, 6.07) is 0. The van der Waals surface area contributed by atoms with Crippen molar-refractivity contribution >= 4 is 0 Å². The van der Waals surface area contributed by atoms with Crippen LogP contribution >= 0.6 is 0 Å². The summed E-state index contributed by atoms with van der Waals surface area (Å²) < 4.78 is 0. The van der Waals surface area contributed by atoms with Gasteiger partial charge in [0.2, 0.25) is 0 Å². The van der Waals surface area contributed by atoms with Gasteiger partial charge in [0.15, 0.2) is 0 Å². The lowest BCUT2D eigenvalue weighted by molar-refractivity contribution is -0.0192. The Morgan fingerprint density at radius 3 is 1.57 bits per heavy atom. The zero-order valence-electron chi connectivity index (χ0n) is 5.32. The summed E-state index contributed by atoms with van der Waals surface area (Å²) in [6.45, 7) is 5.60. The maximum atomic E-state index is 10.8. The molecule has 0 aliphatic rings. The van der Waals surface area contributed by atoms with Gasteiger partial charge in [-0.25, -0.2) is 5.11 Å². The van der Waals surface area contributed by atoms with E-state index in [-0.39, 0.29) is 0 Å². The first-order chi connectivity index (χ1) is 3.12. The van der Waals surface area contributed by atoms with Crippen molar-refractivity contribution in [3.8, 4) is 0 Å². The Morgan fingerprint density at radius 1 is 1.29 bits per heavy atom. The highest BCUT2D eigenvalue weighted by Gasteiger charge is 2.15. The van der Waals surface area contributed by atoms with Crippen LogP contribution in [0.3, 0.4) is 0 Å². The zero-order chi connectivity index (χ0) is 5.91. The molecule has 0 aromatic rings. The maximum absolute atomic E-state index is 10.8. The molecule has 0 saturated heterocycles. The van der Waals surface area contributed by atoms with Crippen LogP contribution < -0.4 is 0 Å². The van der Waals surface area contributed by atoms with E-state index in [2.05, 4.69) is 0 Å². The zero-order valence-corrected chi connectivity index (χ0v) is 5.32. The Morgan fingerprint density at radius 2 is 1.57 bits per heavy atom. The van der Waals surface area contributed by atoms with Gasteiger partial charge in [-0.15, -0.1) is 0 Å². The molecule has 1 radical (unpaired) electrons. The molecule has 0 amide bonds. The van der Waals surface area contributed by atoms with E-state index in [9.17, 15) is 5.11 Å². The van der Waals surface area contributed by atoms with Gasteiger partial charge in [0.05, 0.1) is 0 Å². The fourth-order valence-electron chi connectivity index (χ4n) is 0.250. The largest absolute Gasteiger partial charge is 0.230 e. The summed E-state index contributed by atoms with van der Waals surface area (Å²) in [5.74, 6) is 0. The quantitative estimate of drug-likeness (QED) is 0.507. The first-order valence-electron chi connectivity index (χ1n) is 2.83. The van der Waals surface area contributed by atoms with Crippen LogP contribution in [0.2, 0.25) is 0 Å². The van der Waals surface area contributed by atoms with Crippen LogP contribution in [-0.2, 0) is 5.11 Å². The molecule has 0 N–H and O–H groups in total. The molecule has 0 atom stereocenters. The molecular formula is C6H13O. The molecule has 43 valence electrons. The molecule has 0 spiro atoms. The van der Waals surface area contributed by atoms with Crippen LogP contribution in [-0.4, -0.2) is 5.60 Å². The van der Waals surface area contributed by atoms with Gasteiger partial charge in [-0.1, -0.05) is 13.8 Å². The van der Waals surface area contributed by atoms with Gasteiger partial charge in [0.1, 0.15) is 5.60 Å². The first kappa shape index (κ1) is 6.96. The summed E-state index contributed by atoms with van der Waals surface area (Å²) in [5.41, 5.74) is -0.667. The van der Waals surface area contributed by atoms with Crippen LogP contribution in [0.15, 0.2) is 0 Å². The van der Waals surface area contributed by atoms with E-state index in [4.69, 9.17) is 0 Å². The molecule has 0 aromatic heterocycles. The average molecular weight is 101 g/mol. The fraction of sp³-hybridized carbons (Fsp3) is 1.00. The number of rotatable bonds is 2. The minimum atomic E-state index is -0.667. The Balaban J connectivity index is 3.36. The molecule has 0 aromatic carbocycles. The molecule has 0 rings (SSSR count). The van der Waals surface area contributed by atoms with Crippen LogP contribution in [0.5, 0.6) is 0 Å². The Kier molecular flexibility index (Phi) is 2.30.